The molecule has 6 aromatic rings. The topological polar surface area (TPSA) is 183 Å². The Hall–Kier alpha value is -4.82. The third-order valence-corrected chi connectivity index (χ3v) is 7.54. The maximum atomic E-state index is 6.04. The van der Waals surface area contributed by atoms with Crippen LogP contribution in [0.15, 0.2) is 25.0 Å². The molecule has 0 bridgehead atoms. The number of rotatable bonds is 6. The Morgan fingerprint density at radius 3 is 1.39 bits per heavy atom. The summed E-state index contributed by atoms with van der Waals surface area (Å²) in [5.41, 5.74) is 19.2. The van der Waals surface area contributed by atoms with Crippen molar-refractivity contribution < 1.29 is 9.47 Å². The molecule has 6 aromatic heterocycles. The average Bonchev–Trinajstić information content (AvgIpc) is 3.57. The van der Waals surface area contributed by atoms with Crippen LogP contribution in [-0.4, -0.2) is 63.2 Å². The van der Waals surface area contributed by atoms with Gasteiger partial charge in [-0.1, -0.05) is 23.2 Å². The van der Waals surface area contributed by atoms with Crippen LogP contribution in [0.25, 0.3) is 22.3 Å². The summed E-state index contributed by atoms with van der Waals surface area (Å²) in [4.78, 5) is 33.6. The molecule has 0 fully saturated rings. The van der Waals surface area contributed by atoms with Gasteiger partial charge < -0.3 is 30.1 Å². The summed E-state index contributed by atoms with van der Waals surface area (Å²) in [5.74, 6) is 1.90. The van der Waals surface area contributed by atoms with E-state index in [0.717, 1.165) is 45.1 Å². The smallest absolute Gasteiger partial charge is 0.223 e. The van der Waals surface area contributed by atoms with E-state index >= 15 is 0 Å². The van der Waals surface area contributed by atoms with Crippen molar-refractivity contribution >= 4 is 57.4 Å². The van der Waals surface area contributed by atoms with Gasteiger partial charge in [0.15, 0.2) is 21.6 Å². The maximum Gasteiger partial charge on any atom is 0.223 e. The molecule has 0 spiro atoms. The summed E-state index contributed by atoms with van der Waals surface area (Å²) in [6.45, 7) is 8.86. The van der Waals surface area contributed by atoms with E-state index in [4.69, 9.17) is 44.1 Å². The summed E-state index contributed by atoms with van der Waals surface area (Å²) in [6, 6.07) is 0. The van der Waals surface area contributed by atoms with Gasteiger partial charge in [0.2, 0.25) is 11.9 Å². The molecule has 0 unspecified atom stereocenters. The van der Waals surface area contributed by atoms with E-state index < -0.39 is 0 Å². The second-order valence-corrected chi connectivity index (χ2v) is 10.6. The number of aromatic nitrogens is 10. The standard InChI is InChI=1S/2C14H15ClN6O/c2*1-7-4-17-9(8(2)11(7)22-3)5-21-6-18-10-12(15)19-14(16)20-13(10)21/h2*4,6H,5H2,1-3H3,(H2,16,19,20). The molecular weight excluding hydrogens is 607 g/mol. The van der Waals surface area contributed by atoms with Crippen molar-refractivity contribution in [3.63, 3.8) is 0 Å². The van der Waals surface area contributed by atoms with Gasteiger partial charge in [0.05, 0.1) is 51.4 Å². The Balaban J connectivity index is 0.000000175. The minimum atomic E-state index is 0.116. The number of nitrogens with zero attached hydrogens (tertiary/aromatic N) is 10. The molecule has 0 radical (unpaired) electrons. The Morgan fingerprint density at radius 1 is 0.636 bits per heavy atom. The van der Waals surface area contributed by atoms with E-state index in [1.54, 1.807) is 39.3 Å². The van der Waals surface area contributed by atoms with Crippen LogP contribution in [0.3, 0.4) is 0 Å². The van der Waals surface area contributed by atoms with Gasteiger partial charge in [-0.3, -0.25) is 9.97 Å². The number of methoxy groups -OCH3 is 2. The summed E-state index contributed by atoms with van der Waals surface area (Å²) < 4.78 is 14.5. The minimum Gasteiger partial charge on any atom is -0.496 e. The first-order valence-corrected chi connectivity index (χ1v) is 14.0. The van der Waals surface area contributed by atoms with Crippen molar-refractivity contribution in [3.8, 4) is 11.5 Å². The summed E-state index contributed by atoms with van der Waals surface area (Å²) in [7, 11) is 3.30. The van der Waals surface area contributed by atoms with E-state index in [-0.39, 0.29) is 22.2 Å². The second kappa shape index (κ2) is 12.4. The number of fused-ring (bicyclic) bond motifs is 2. The van der Waals surface area contributed by atoms with Crippen molar-refractivity contribution in [1.29, 1.82) is 0 Å². The number of pyridine rings is 2. The minimum absolute atomic E-state index is 0.116. The van der Waals surface area contributed by atoms with Crippen molar-refractivity contribution in [3.05, 3.63) is 69.0 Å². The fourth-order valence-corrected chi connectivity index (χ4v) is 5.31. The number of aryl methyl sites for hydroxylation is 2. The van der Waals surface area contributed by atoms with Crippen LogP contribution < -0.4 is 20.9 Å². The first-order valence-electron chi connectivity index (χ1n) is 13.3. The number of halogens is 2. The Labute approximate surface area is 262 Å². The van der Waals surface area contributed by atoms with Gasteiger partial charge in [-0.2, -0.15) is 19.9 Å². The lowest BCUT2D eigenvalue weighted by Gasteiger charge is -2.12. The highest BCUT2D eigenvalue weighted by molar-refractivity contribution is 6.34. The molecule has 0 amide bonds. The fraction of sp³-hybridized carbons (Fsp3) is 0.286. The second-order valence-electron chi connectivity index (χ2n) is 9.93. The number of imidazole rings is 2. The van der Waals surface area contributed by atoms with Crippen molar-refractivity contribution in [2.45, 2.75) is 40.8 Å². The van der Waals surface area contributed by atoms with Crippen molar-refractivity contribution in [2.75, 3.05) is 25.7 Å². The lowest BCUT2D eigenvalue weighted by molar-refractivity contribution is 0.406. The third kappa shape index (κ3) is 5.85. The molecule has 228 valence electrons. The zero-order chi connectivity index (χ0) is 31.7. The van der Waals surface area contributed by atoms with Crippen LogP contribution in [-0.2, 0) is 13.1 Å². The maximum absolute atomic E-state index is 6.04. The molecular formula is C28H30Cl2N12O2. The molecule has 4 N–H and O–H groups in total. The zero-order valence-corrected chi connectivity index (χ0v) is 26.4. The predicted octanol–water partition coefficient (Wildman–Crippen LogP) is 4.26. The molecule has 0 aromatic carbocycles. The molecule has 0 aliphatic heterocycles. The van der Waals surface area contributed by atoms with Crippen LogP contribution in [0.2, 0.25) is 10.3 Å². The van der Waals surface area contributed by atoms with Gasteiger partial charge in [0, 0.05) is 34.6 Å². The lowest BCUT2D eigenvalue weighted by atomic mass is 10.1. The molecule has 16 heteroatoms. The molecule has 6 heterocycles. The van der Waals surface area contributed by atoms with Gasteiger partial charge in [0.1, 0.15) is 22.5 Å². The first-order chi connectivity index (χ1) is 21.0. The lowest BCUT2D eigenvalue weighted by Crippen LogP contribution is -2.07. The third-order valence-electron chi connectivity index (χ3n) is 7.02. The largest absolute Gasteiger partial charge is 0.496 e. The van der Waals surface area contributed by atoms with Gasteiger partial charge >= 0.3 is 0 Å². The molecule has 0 aliphatic rings. The van der Waals surface area contributed by atoms with Gasteiger partial charge in [-0.05, 0) is 27.7 Å². The highest BCUT2D eigenvalue weighted by Crippen LogP contribution is 2.27. The summed E-state index contributed by atoms with van der Waals surface area (Å²) in [6.07, 6.45) is 6.88. The van der Waals surface area contributed by atoms with E-state index in [9.17, 15) is 0 Å². The van der Waals surface area contributed by atoms with Crippen molar-refractivity contribution in [1.82, 2.24) is 49.0 Å². The van der Waals surface area contributed by atoms with E-state index in [2.05, 4.69) is 39.9 Å². The monoisotopic (exact) mass is 636 g/mol. The summed E-state index contributed by atoms with van der Waals surface area (Å²) >= 11 is 12.1. The average molecular weight is 638 g/mol. The van der Waals surface area contributed by atoms with Crippen LogP contribution in [0.1, 0.15) is 33.6 Å². The van der Waals surface area contributed by atoms with Crippen LogP contribution in [0.4, 0.5) is 11.9 Å². The van der Waals surface area contributed by atoms with Crippen LogP contribution in [0.5, 0.6) is 11.5 Å². The zero-order valence-electron chi connectivity index (χ0n) is 24.9. The van der Waals surface area contributed by atoms with E-state index in [1.807, 2.05) is 36.8 Å². The van der Waals surface area contributed by atoms with Gasteiger partial charge in [-0.25, -0.2) is 9.97 Å². The molecule has 0 saturated carbocycles. The number of ether oxygens (including phenoxy) is 2. The predicted molar refractivity (Wildman–Crippen MR) is 168 cm³/mol. The number of anilines is 2. The molecule has 0 saturated heterocycles. The van der Waals surface area contributed by atoms with Gasteiger partial charge in [-0.15, -0.1) is 0 Å². The molecule has 0 aliphatic carbocycles. The Morgan fingerprint density at radius 2 is 1.02 bits per heavy atom. The molecule has 6 rings (SSSR count). The Bertz CT molecular complexity index is 1860. The van der Waals surface area contributed by atoms with E-state index in [1.165, 1.54) is 0 Å². The number of hydrogen-bond donors (Lipinski definition) is 2. The van der Waals surface area contributed by atoms with Crippen LogP contribution >= 0.6 is 23.2 Å². The number of nitrogens with two attached hydrogens (primary N) is 2. The fourth-order valence-electron chi connectivity index (χ4n) is 4.87. The SMILES string of the molecule is COc1c(C)cnc(Cn2cnc3c(Cl)nc(N)nc32)c1C.COc1c(C)cnc(Cn2cnc3c(Cl)nc(N)nc32)c1C. The van der Waals surface area contributed by atoms with Crippen molar-refractivity contribution in [2.24, 2.45) is 0 Å². The molecule has 0 atom stereocenters. The highest BCUT2D eigenvalue weighted by atomic mass is 35.5. The Kier molecular flexibility index (Phi) is 8.65. The normalized spacial score (nSPS) is 11.1. The molecule has 44 heavy (non-hydrogen) atoms. The number of hydrogen-bond acceptors (Lipinski definition) is 12. The van der Waals surface area contributed by atoms with Gasteiger partial charge in [0.25, 0.3) is 0 Å². The highest BCUT2D eigenvalue weighted by Gasteiger charge is 2.16. The van der Waals surface area contributed by atoms with Crippen LogP contribution in [0, 0.1) is 27.7 Å². The van der Waals surface area contributed by atoms with E-state index in [0.29, 0.717) is 35.4 Å². The quantitative estimate of drug-likeness (QED) is 0.248. The first kappa shape index (κ1) is 30.6. The summed E-state index contributed by atoms with van der Waals surface area (Å²) in [5, 5.41) is 0.486. The molecule has 14 nitrogen and oxygen atoms in total. The number of nitrogen functional groups attached to an aromatic ring is 2.